The number of rotatable bonds is 19. The SMILES string of the molecule is CO/C=C(/C(=O)OC)c1ccccc1Oc1cc(Cl)ncn1.CO/C=C(/C(=O)OC)c1ccccc1Oc1cc(Oc2ccccc2C#N)ncn1.COC(=O)C(c1ccccc1Oc1cc(Cl)ncn1)C(OC)OC. The molecule has 76 heavy (non-hydrogen) atoms. The largest absolute Gasteiger partial charge is 0.503 e. The van der Waals surface area contributed by atoms with Crippen LogP contribution in [0.2, 0.25) is 10.3 Å². The smallest absolute Gasteiger partial charge is 0.341 e. The van der Waals surface area contributed by atoms with Gasteiger partial charge in [0.1, 0.15) is 75.4 Å². The molecule has 1 atom stereocenters. The average Bonchev–Trinajstić information content (AvgIpc) is 3.44. The lowest BCUT2D eigenvalue weighted by molar-refractivity contribution is -0.163. The van der Waals surface area contributed by atoms with E-state index in [4.69, 9.17) is 75.3 Å². The first-order valence-electron chi connectivity index (χ1n) is 21.9. The number of halogens is 2. The minimum Gasteiger partial charge on any atom is -0.503 e. The first-order chi connectivity index (χ1) is 36.9. The quantitative estimate of drug-likeness (QED) is 0.0182. The number of carbonyl (C=O) groups excluding carboxylic acids is 3. The summed E-state index contributed by atoms with van der Waals surface area (Å²) in [6.45, 7) is 0. The van der Waals surface area contributed by atoms with E-state index in [-0.39, 0.29) is 45.0 Å². The van der Waals surface area contributed by atoms with Crippen LogP contribution in [0.25, 0.3) is 11.1 Å². The number of ether oxygens (including phenoxy) is 11. The van der Waals surface area contributed by atoms with Gasteiger partial charge in [0.2, 0.25) is 23.5 Å². The molecule has 7 rings (SSSR count). The number of esters is 3. The second-order valence-electron chi connectivity index (χ2n) is 14.5. The summed E-state index contributed by atoms with van der Waals surface area (Å²) < 4.78 is 57.8. The third-order valence-corrected chi connectivity index (χ3v) is 10.2. The Morgan fingerprint density at radius 1 is 0.500 bits per heavy atom. The van der Waals surface area contributed by atoms with Crippen LogP contribution in [0.15, 0.2) is 147 Å². The highest BCUT2D eigenvalue weighted by molar-refractivity contribution is 6.29. The molecule has 4 aromatic carbocycles. The average molecular weight is 1080 g/mol. The van der Waals surface area contributed by atoms with Gasteiger partial charge in [0.25, 0.3) is 0 Å². The first kappa shape index (κ1) is 57.7. The zero-order valence-electron chi connectivity index (χ0n) is 41.6. The van der Waals surface area contributed by atoms with E-state index < -0.39 is 30.1 Å². The zero-order chi connectivity index (χ0) is 54.8. The van der Waals surface area contributed by atoms with E-state index in [1.807, 2.05) is 0 Å². The lowest BCUT2D eigenvalue weighted by atomic mass is 9.97. The first-order valence-corrected chi connectivity index (χ1v) is 22.7. The van der Waals surface area contributed by atoms with E-state index in [0.29, 0.717) is 45.3 Å². The summed E-state index contributed by atoms with van der Waals surface area (Å²) in [5.41, 5.74) is 2.28. The predicted octanol–water partition coefficient (Wildman–Crippen LogP) is 9.97. The van der Waals surface area contributed by atoms with Crippen molar-refractivity contribution in [3.63, 3.8) is 0 Å². The van der Waals surface area contributed by atoms with Crippen LogP contribution in [0.1, 0.15) is 28.2 Å². The van der Waals surface area contributed by atoms with Gasteiger partial charge in [0.05, 0.1) is 59.7 Å². The molecular weight excluding hydrogens is 1030 g/mol. The van der Waals surface area contributed by atoms with Gasteiger partial charge >= 0.3 is 17.9 Å². The minimum atomic E-state index is -0.837. The Kier molecular flexibility index (Phi) is 22.9. The van der Waals surface area contributed by atoms with E-state index in [9.17, 15) is 19.6 Å². The highest BCUT2D eigenvalue weighted by atomic mass is 35.5. The molecule has 0 amide bonds. The molecule has 0 bridgehead atoms. The number of hydrogen-bond donors (Lipinski definition) is 0. The maximum atomic E-state index is 12.2. The monoisotopic (exact) mass is 1080 g/mol. The Labute approximate surface area is 446 Å². The van der Waals surface area contributed by atoms with Gasteiger partial charge in [-0.05, 0) is 30.3 Å². The Morgan fingerprint density at radius 2 is 0.895 bits per heavy atom. The number of aromatic nitrogens is 6. The molecule has 0 saturated heterocycles. The molecule has 0 N–H and O–H groups in total. The zero-order valence-corrected chi connectivity index (χ0v) is 43.1. The van der Waals surface area contributed by atoms with Crippen LogP contribution in [-0.4, -0.2) is 104 Å². The van der Waals surface area contributed by atoms with Crippen molar-refractivity contribution in [1.29, 1.82) is 5.26 Å². The van der Waals surface area contributed by atoms with E-state index in [1.165, 1.54) is 99.5 Å². The molecule has 3 heterocycles. The highest BCUT2D eigenvalue weighted by Gasteiger charge is 2.34. The molecule has 392 valence electrons. The van der Waals surface area contributed by atoms with Gasteiger partial charge < -0.3 is 52.1 Å². The van der Waals surface area contributed by atoms with Crippen molar-refractivity contribution in [3.8, 4) is 52.6 Å². The fourth-order valence-corrected chi connectivity index (χ4v) is 6.72. The van der Waals surface area contributed by atoms with E-state index in [2.05, 4.69) is 36.0 Å². The maximum absolute atomic E-state index is 12.2. The van der Waals surface area contributed by atoms with Gasteiger partial charge in [-0.1, -0.05) is 89.9 Å². The second-order valence-corrected chi connectivity index (χ2v) is 15.2. The standard InChI is InChI=1S/C22H17N3O5.C16H17ClN2O5.C15H13ClN2O4/c1-27-13-17(22(26)28-2)16-8-4-6-10-19(16)30-21-11-20(24-14-25-21)29-18-9-5-3-7-15(18)12-23;1-21-15(20)14(16(22-2)23-3)10-6-4-5-7-11(10)24-13-8-12(17)18-9-19-13;1-20-8-11(15(19)21-2)10-5-3-4-6-12(10)22-14-7-13(16)17-9-18-14/h3-11,13-14H,1-2H3;4-9,14,16H,1-3H3;3-9H,1-2H3/b17-13+;;11-8+. The fourth-order valence-electron chi connectivity index (χ4n) is 6.44. The third kappa shape index (κ3) is 16.4. The van der Waals surface area contributed by atoms with E-state index in [1.54, 1.807) is 97.1 Å². The summed E-state index contributed by atoms with van der Waals surface area (Å²) in [7, 11) is 9.62. The van der Waals surface area contributed by atoms with E-state index in [0.717, 1.165) is 0 Å². The number of carbonyl (C=O) groups is 3. The van der Waals surface area contributed by atoms with Crippen LogP contribution in [0.5, 0.6) is 46.5 Å². The number of para-hydroxylation sites is 4. The Morgan fingerprint density at radius 3 is 1.33 bits per heavy atom. The molecule has 0 radical (unpaired) electrons. The normalized spacial score (nSPS) is 11.2. The summed E-state index contributed by atoms with van der Waals surface area (Å²) in [5, 5.41) is 9.69. The topological polar surface area (TPSA) is 254 Å². The van der Waals surface area contributed by atoms with Gasteiger partial charge in [0.15, 0.2) is 6.29 Å². The Bertz CT molecular complexity index is 3170. The summed E-state index contributed by atoms with van der Waals surface area (Å²) in [5.74, 6) is -0.0526. The summed E-state index contributed by atoms with van der Waals surface area (Å²) >= 11 is 11.6. The molecule has 0 aliphatic heterocycles. The molecule has 23 heteroatoms. The number of nitriles is 1. The van der Waals surface area contributed by atoms with Gasteiger partial charge in [-0.3, -0.25) is 4.79 Å². The molecule has 0 aliphatic rings. The van der Waals surface area contributed by atoms with E-state index >= 15 is 0 Å². The Balaban J connectivity index is 0.000000214. The van der Waals surface area contributed by atoms with Crippen molar-refractivity contribution < 1.29 is 66.5 Å². The van der Waals surface area contributed by atoms with Crippen molar-refractivity contribution >= 4 is 52.3 Å². The number of methoxy groups -OCH3 is 7. The molecule has 1 unspecified atom stereocenters. The highest BCUT2D eigenvalue weighted by Crippen LogP contribution is 2.36. The fraction of sp³-hybridized carbons (Fsp3) is 0.170. The van der Waals surface area contributed by atoms with Crippen LogP contribution >= 0.6 is 23.2 Å². The number of hydrogen-bond acceptors (Lipinski definition) is 21. The van der Waals surface area contributed by atoms with Crippen molar-refractivity contribution in [1.82, 2.24) is 29.9 Å². The molecule has 0 saturated carbocycles. The molecule has 0 spiro atoms. The van der Waals surface area contributed by atoms with Crippen LogP contribution in [0.3, 0.4) is 0 Å². The van der Waals surface area contributed by atoms with Crippen molar-refractivity contribution in [2.75, 3.05) is 49.8 Å². The lowest BCUT2D eigenvalue weighted by Crippen LogP contribution is -2.30. The minimum absolute atomic E-state index is 0.184. The van der Waals surface area contributed by atoms with Gasteiger partial charge in [0, 0.05) is 43.0 Å². The summed E-state index contributed by atoms with van der Waals surface area (Å²) in [6, 6.07) is 34.0. The van der Waals surface area contributed by atoms with Crippen molar-refractivity contribution in [2.45, 2.75) is 12.2 Å². The van der Waals surface area contributed by atoms with Crippen molar-refractivity contribution in [3.05, 3.63) is 179 Å². The van der Waals surface area contributed by atoms with Crippen LogP contribution in [0, 0.1) is 11.3 Å². The second kappa shape index (κ2) is 30.1. The third-order valence-electron chi connectivity index (χ3n) is 9.78. The molecule has 0 aliphatic carbocycles. The van der Waals surface area contributed by atoms with Crippen molar-refractivity contribution in [2.24, 2.45) is 0 Å². The predicted molar refractivity (Wildman–Crippen MR) is 273 cm³/mol. The Hall–Kier alpha value is -9.20. The number of nitrogens with zero attached hydrogens (tertiary/aromatic N) is 7. The lowest BCUT2D eigenvalue weighted by Gasteiger charge is -2.24. The molecule has 7 aromatic rings. The van der Waals surface area contributed by atoms with Crippen LogP contribution in [-0.2, 0) is 47.5 Å². The van der Waals surface area contributed by atoms with Gasteiger partial charge in [-0.2, -0.15) is 5.26 Å². The molecular formula is C53H47Cl2N7O14. The molecule has 3 aromatic heterocycles. The molecule has 21 nitrogen and oxygen atoms in total. The van der Waals surface area contributed by atoms with Gasteiger partial charge in [-0.15, -0.1) is 0 Å². The maximum Gasteiger partial charge on any atom is 0.341 e. The summed E-state index contributed by atoms with van der Waals surface area (Å²) in [6.07, 6.45) is 5.57. The van der Waals surface area contributed by atoms with Crippen LogP contribution < -0.4 is 18.9 Å². The summed E-state index contributed by atoms with van der Waals surface area (Å²) in [4.78, 5) is 59.9. The number of benzene rings is 4. The van der Waals surface area contributed by atoms with Gasteiger partial charge in [-0.25, -0.2) is 39.5 Å². The van der Waals surface area contributed by atoms with Crippen LogP contribution in [0.4, 0.5) is 0 Å². The molecule has 0 fully saturated rings.